The van der Waals surface area contributed by atoms with E-state index in [0.29, 0.717) is 5.95 Å². The second-order valence-electron chi connectivity index (χ2n) is 4.00. The van der Waals surface area contributed by atoms with Crippen LogP contribution in [0.3, 0.4) is 0 Å². The molecule has 0 aromatic carbocycles. The number of amides is 1. The maximum absolute atomic E-state index is 11.6. The zero-order chi connectivity index (χ0) is 12.1. The average molecular weight is 222 g/mol. The lowest BCUT2D eigenvalue weighted by atomic mass is 10.0. The van der Waals surface area contributed by atoms with Crippen molar-refractivity contribution in [1.82, 2.24) is 15.3 Å². The fraction of sp³-hybridized carbons (Fsp3) is 0.545. The summed E-state index contributed by atoms with van der Waals surface area (Å²) < 4.78 is 0. The van der Waals surface area contributed by atoms with Gasteiger partial charge in [-0.25, -0.2) is 9.97 Å². The van der Waals surface area contributed by atoms with Gasteiger partial charge in [0.1, 0.15) is 6.04 Å². The van der Waals surface area contributed by atoms with E-state index >= 15 is 0 Å². The molecule has 16 heavy (non-hydrogen) atoms. The number of nitrogens with one attached hydrogen (secondary N) is 2. The van der Waals surface area contributed by atoms with Gasteiger partial charge in [0, 0.05) is 18.9 Å². The van der Waals surface area contributed by atoms with Gasteiger partial charge in [0.25, 0.3) is 0 Å². The average Bonchev–Trinajstić information content (AvgIpc) is 2.24. The summed E-state index contributed by atoms with van der Waals surface area (Å²) in [7, 11) is 1.62. The minimum absolute atomic E-state index is 0.0555. The lowest BCUT2D eigenvalue weighted by molar-refractivity contribution is -0.122. The molecular weight excluding hydrogens is 204 g/mol. The fourth-order valence-corrected chi connectivity index (χ4v) is 1.35. The first-order valence-electron chi connectivity index (χ1n) is 5.32. The van der Waals surface area contributed by atoms with E-state index in [4.69, 9.17) is 0 Å². The molecule has 0 aliphatic rings. The number of nitrogens with zero attached hydrogens (tertiary/aromatic N) is 2. The van der Waals surface area contributed by atoms with Crippen molar-refractivity contribution in [2.24, 2.45) is 5.92 Å². The van der Waals surface area contributed by atoms with E-state index in [1.54, 1.807) is 13.2 Å². The van der Waals surface area contributed by atoms with Crippen LogP contribution in [0, 0.1) is 12.8 Å². The molecule has 1 aromatic rings. The molecule has 1 heterocycles. The molecule has 0 spiro atoms. The Labute approximate surface area is 95.7 Å². The van der Waals surface area contributed by atoms with Gasteiger partial charge in [-0.15, -0.1) is 0 Å². The minimum atomic E-state index is -0.313. The normalized spacial score (nSPS) is 12.3. The number of anilines is 1. The van der Waals surface area contributed by atoms with Crippen molar-refractivity contribution >= 4 is 11.9 Å². The van der Waals surface area contributed by atoms with Crippen LogP contribution in [-0.4, -0.2) is 29.0 Å². The maximum Gasteiger partial charge on any atom is 0.242 e. The van der Waals surface area contributed by atoms with E-state index in [1.165, 1.54) is 0 Å². The Morgan fingerprint density at radius 3 is 2.62 bits per heavy atom. The van der Waals surface area contributed by atoms with Crippen molar-refractivity contribution in [3.63, 3.8) is 0 Å². The van der Waals surface area contributed by atoms with Crippen LogP contribution >= 0.6 is 0 Å². The van der Waals surface area contributed by atoms with Crippen LogP contribution < -0.4 is 10.6 Å². The van der Waals surface area contributed by atoms with E-state index in [1.807, 2.05) is 26.8 Å². The van der Waals surface area contributed by atoms with Gasteiger partial charge in [-0.3, -0.25) is 4.79 Å². The summed E-state index contributed by atoms with van der Waals surface area (Å²) >= 11 is 0. The largest absolute Gasteiger partial charge is 0.357 e. The van der Waals surface area contributed by atoms with Gasteiger partial charge in [0.2, 0.25) is 11.9 Å². The monoisotopic (exact) mass is 222 g/mol. The van der Waals surface area contributed by atoms with Crippen LogP contribution in [0.1, 0.15) is 19.5 Å². The van der Waals surface area contributed by atoms with Crippen molar-refractivity contribution in [3.05, 3.63) is 18.0 Å². The molecule has 1 atom stereocenters. The van der Waals surface area contributed by atoms with Gasteiger partial charge >= 0.3 is 0 Å². The van der Waals surface area contributed by atoms with Gasteiger partial charge in [-0.2, -0.15) is 0 Å². The van der Waals surface area contributed by atoms with Crippen LogP contribution in [0.15, 0.2) is 12.3 Å². The third kappa shape index (κ3) is 3.18. The molecule has 5 heteroatoms. The summed E-state index contributed by atoms with van der Waals surface area (Å²) in [6, 6.07) is 1.50. The van der Waals surface area contributed by atoms with Crippen LogP contribution in [0.25, 0.3) is 0 Å². The van der Waals surface area contributed by atoms with Gasteiger partial charge in [-0.1, -0.05) is 13.8 Å². The summed E-state index contributed by atoms with van der Waals surface area (Å²) in [5, 5.41) is 5.66. The lowest BCUT2D eigenvalue weighted by Gasteiger charge is -2.20. The number of aromatic nitrogens is 2. The Morgan fingerprint density at radius 1 is 1.44 bits per heavy atom. The van der Waals surface area contributed by atoms with Crippen LogP contribution in [0.4, 0.5) is 5.95 Å². The second kappa shape index (κ2) is 5.44. The lowest BCUT2D eigenvalue weighted by Crippen LogP contribution is -2.41. The molecule has 5 nitrogen and oxygen atoms in total. The van der Waals surface area contributed by atoms with Gasteiger partial charge < -0.3 is 10.6 Å². The quantitative estimate of drug-likeness (QED) is 0.796. The highest BCUT2D eigenvalue weighted by molar-refractivity contribution is 5.84. The van der Waals surface area contributed by atoms with E-state index in [-0.39, 0.29) is 17.9 Å². The third-order valence-corrected chi connectivity index (χ3v) is 2.27. The van der Waals surface area contributed by atoms with Gasteiger partial charge in [0.15, 0.2) is 0 Å². The number of likely N-dealkylation sites (N-methyl/N-ethyl adjacent to an activating group) is 1. The Bertz CT molecular complexity index is 365. The predicted octanol–water partition coefficient (Wildman–Crippen LogP) is 0.968. The molecule has 0 saturated carbocycles. The number of carbonyl (C=O) groups excluding carboxylic acids is 1. The Hall–Kier alpha value is -1.65. The Kier molecular flexibility index (Phi) is 4.22. The maximum atomic E-state index is 11.6. The predicted molar refractivity (Wildman–Crippen MR) is 63.1 cm³/mol. The van der Waals surface area contributed by atoms with Crippen LogP contribution in [-0.2, 0) is 4.79 Å². The van der Waals surface area contributed by atoms with E-state index in [2.05, 4.69) is 20.6 Å². The summed E-state index contributed by atoms with van der Waals surface area (Å²) in [5.41, 5.74) is 0.872. The molecule has 0 aliphatic carbocycles. The molecule has 0 fully saturated rings. The van der Waals surface area contributed by atoms with Crippen molar-refractivity contribution in [2.75, 3.05) is 12.4 Å². The van der Waals surface area contributed by atoms with E-state index in [9.17, 15) is 4.79 Å². The first-order chi connectivity index (χ1) is 7.54. The van der Waals surface area contributed by atoms with Gasteiger partial charge in [-0.05, 0) is 18.9 Å². The first-order valence-corrected chi connectivity index (χ1v) is 5.32. The number of aryl methyl sites for hydroxylation is 1. The van der Waals surface area contributed by atoms with Gasteiger partial charge in [0.05, 0.1) is 0 Å². The molecule has 88 valence electrons. The van der Waals surface area contributed by atoms with Crippen molar-refractivity contribution in [2.45, 2.75) is 26.8 Å². The highest BCUT2D eigenvalue weighted by atomic mass is 16.2. The number of hydrogen-bond donors (Lipinski definition) is 2. The van der Waals surface area contributed by atoms with Crippen LogP contribution in [0.2, 0.25) is 0 Å². The summed E-state index contributed by atoms with van der Waals surface area (Å²) in [6.45, 7) is 5.84. The molecular formula is C11H18N4O. The number of carbonyl (C=O) groups is 1. The van der Waals surface area contributed by atoms with Crippen molar-refractivity contribution in [3.8, 4) is 0 Å². The van der Waals surface area contributed by atoms with Crippen LogP contribution in [0.5, 0.6) is 0 Å². The highest BCUT2D eigenvalue weighted by Crippen LogP contribution is 2.08. The molecule has 2 N–H and O–H groups in total. The zero-order valence-corrected chi connectivity index (χ0v) is 10.1. The smallest absolute Gasteiger partial charge is 0.242 e. The van der Waals surface area contributed by atoms with Crippen molar-refractivity contribution < 1.29 is 4.79 Å². The Morgan fingerprint density at radius 2 is 2.12 bits per heavy atom. The molecule has 1 unspecified atom stereocenters. The molecule has 0 radical (unpaired) electrons. The topological polar surface area (TPSA) is 66.9 Å². The third-order valence-electron chi connectivity index (χ3n) is 2.27. The molecule has 0 saturated heterocycles. The number of hydrogen-bond acceptors (Lipinski definition) is 4. The second-order valence-corrected chi connectivity index (χ2v) is 4.00. The molecule has 0 bridgehead atoms. The summed E-state index contributed by atoms with van der Waals surface area (Å²) in [6.07, 6.45) is 1.67. The molecule has 1 amide bonds. The molecule has 1 aromatic heterocycles. The Balaban J connectivity index is 2.79. The first kappa shape index (κ1) is 12.4. The van der Waals surface area contributed by atoms with E-state index in [0.717, 1.165) is 5.69 Å². The minimum Gasteiger partial charge on any atom is -0.357 e. The zero-order valence-electron chi connectivity index (χ0n) is 10.1. The molecule has 1 rings (SSSR count). The summed E-state index contributed by atoms with van der Waals surface area (Å²) in [4.78, 5) is 19.9. The standard InChI is InChI=1S/C11H18N4O/c1-7(2)9(10(16)12-4)15-11-13-6-5-8(3)14-11/h5-7,9H,1-4H3,(H,12,16)(H,13,14,15). The van der Waals surface area contributed by atoms with E-state index < -0.39 is 0 Å². The fourth-order valence-electron chi connectivity index (χ4n) is 1.35. The SMILES string of the molecule is CNC(=O)C(Nc1nccc(C)n1)C(C)C. The molecule has 0 aliphatic heterocycles. The summed E-state index contributed by atoms with van der Waals surface area (Å²) in [5.74, 6) is 0.603. The highest BCUT2D eigenvalue weighted by Gasteiger charge is 2.21. The number of rotatable bonds is 4. The van der Waals surface area contributed by atoms with Crippen molar-refractivity contribution in [1.29, 1.82) is 0 Å².